The van der Waals surface area contributed by atoms with E-state index in [1.54, 1.807) is 41.9 Å². The van der Waals surface area contributed by atoms with Crippen LogP contribution in [0.4, 0.5) is 5.82 Å². The van der Waals surface area contributed by atoms with E-state index in [9.17, 15) is 4.79 Å². The topological polar surface area (TPSA) is 72.7 Å². The standard InChI is InChI=1S/C16H12Cl3N5OS/c1-24-15(11-4-2-9(17)6-12(11)19)22-23-16(24)26-8-14(25)21-13-5-3-10(18)7-20-13/h2-7H,8H2,1H3,(H,20,21,25). The summed E-state index contributed by atoms with van der Waals surface area (Å²) in [7, 11) is 1.81. The van der Waals surface area contributed by atoms with Gasteiger partial charge in [-0.1, -0.05) is 46.6 Å². The molecule has 26 heavy (non-hydrogen) atoms. The number of thioether (sulfide) groups is 1. The number of nitrogens with zero attached hydrogens (tertiary/aromatic N) is 4. The fraction of sp³-hybridized carbons (Fsp3) is 0.125. The third-order valence-electron chi connectivity index (χ3n) is 3.33. The largest absolute Gasteiger partial charge is 0.310 e. The van der Waals surface area contributed by atoms with Gasteiger partial charge in [0.1, 0.15) is 5.82 Å². The summed E-state index contributed by atoms with van der Waals surface area (Å²) in [6.07, 6.45) is 1.47. The molecule has 0 unspecified atom stereocenters. The summed E-state index contributed by atoms with van der Waals surface area (Å²) in [5.41, 5.74) is 0.715. The molecule has 0 aliphatic rings. The molecule has 6 nitrogen and oxygen atoms in total. The van der Waals surface area contributed by atoms with Crippen LogP contribution in [-0.2, 0) is 11.8 Å². The third kappa shape index (κ3) is 4.48. The lowest BCUT2D eigenvalue weighted by atomic mass is 10.2. The molecule has 0 saturated heterocycles. The molecule has 0 fully saturated rings. The SMILES string of the molecule is Cn1c(SCC(=O)Nc2ccc(Cl)cn2)nnc1-c1ccc(Cl)cc1Cl. The van der Waals surface area contributed by atoms with Gasteiger partial charge in [0, 0.05) is 23.8 Å². The molecule has 0 aliphatic carbocycles. The zero-order valence-corrected chi connectivity index (χ0v) is 16.5. The van der Waals surface area contributed by atoms with Crippen molar-refractivity contribution in [3.05, 3.63) is 51.6 Å². The summed E-state index contributed by atoms with van der Waals surface area (Å²) >= 11 is 19.2. The minimum Gasteiger partial charge on any atom is -0.310 e. The van der Waals surface area contributed by atoms with Crippen LogP contribution in [-0.4, -0.2) is 31.4 Å². The van der Waals surface area contributed by atoms with Gasteiger partial charge >= 0.3 is 0 Å². The van der Waals surface area contributed by atoms with Crippen molar-refractivity contribution in [3.63, 3.8) is 0 Å². The number of hydrogen-bond donors (Lipinski definition) is 1. The highest BCUT2D eigenvalue weighted by Gasteiger charge is 2.15. The Bertz CT molecular complexity index is 946. The highest BCUT2D eigenvalue weighted by atomic mass is 35.5. The first kappa shape index (κ1) is 19.0. The second kappa shape index (κ2) is 8.26. The first-order valence-electron chi connectivity index (χ1n) is 7.33. The average Bonchev–Trinajstić information content (AvgIpc) is 2.96. The summed E-state index contributed by atoms with van der Waals surface area (Å²) in [6.45, 7) is 0. The van der Waals surface area contributed by atoms with E-state index in [0.717, 1.165) is 0 Å². The molecule has 2 aromatic heterocycles. The Morgan fingerprint density at radius 2 is 1.92 bits per heavy atom. The van der Waals surface area contributed by atoms with Gasteiger partial charge < -0.3 is 9.88 Å². The molecule has 1 N–H and O–H groups in total. The van der Waals surface area contributed by atoms with Gasteiger partial charge in [-0.05, 0) is 30.3 Å². The minimum atomic E-state index is -0.209. The first-order valence-corrected chi connectivity index (χ1v) is 9.45. The van der Waals surface area contributed by atoms with Crippen molar-refractivity contribution >= 4 is 58.3 Å². The van der Waals surface area contributed by atoms with E-state index in [0.29, 0.717) is 37.4 Å². The fourth-order valence-electron chi connectivity index (χ4n) is 2.10. The van der Waals surface area contributed by atoms with E-state index in [2.05, 4.69) is 20.5 Å². The summed E-state index contributed by atoms with van der Waals surface area (Å²) in [6, 6.07) is 8.45. The Labute approximate surface area is 168 Å². The second-order valence-electron chi connectivity index (χ2n) is 5.19. The van der Waals surface area contributed by atoms with Crippen LogP contribution in [0.1, 0.15) is 0 Å². The van der Waals surface area contributed by atoms with Gasteiger partial charge in [0.25, 0.3) is 0 Å². The number of anilines is 1. The molecule has 2 heterocycles. The van der Waals surface area contributed by atoms with E-state index in [4.69, 9.17) is 34.8 Å². The van der Waals surface area contributed by atoms with Gasteiger partial charge in [0.15, 0.2) is 11.0 Å². The zero-order valence-electron chi connectivity index (χ0n) is 13.4. The van der Waals surface area contributed by atoms with E-state index < -0.39 is 0 Å². The molecule has 0 aliphatic heterocycles. The minimum absolute atomic E-state index is 0.157. The maximum atomic E-state index is 12.1. The molecule has 3 rings (SSSR count). The van der Waals surface area contributed by atoms with Gasteiger partial charge in [0.2, 0.25) is 5.91 Å². The quantitative estimate of drug-likeness (QED) is 0.603. The lowest BCUT2D eigenvalue weighted by Crippen LogP contribution is -2.15. The number of pyridine rings is 1. The van der Waals surface area contributed by atoms with Crippen LogP contribution >= 0.6 is 46.6 Å². The third-order valence-corrected chi connectivity index (χ3v) is 5.13. The van der Waals surface area contributed by atoms with Crippen LogP contribution in [0.15, 0.2) is 41.7 Å². The molecular weight excluding hydrogens is 417 g/mol. The van der Waals surface area contributed by atoms with Crippen molar-refractivity contribution in [1.82, 2.24) is 19.7 Å². The molecular formula is C16H12Cl3N5OS. The number of aromatic nitrogens is 4. The molecule has 10 heteroatoms. The molecule has 0 spiro atoms. The number of carbonyl (C=O) groups excluding carboxylic acids is 1. The van der Waals surface area contributed by atoms with Gasteiger partial charge in [-0.2, -0.15) is 0 Å². The molecule has 0 atom stereocenters. The van der Waals surface area contributed by atoms with Crippen LogP contribution in [0.5, 0.6) is 0 Å². The van der Waals surface area contributed by atoms with E-state index in [1.807, 2.05) is 0 Å². The Morgan fingerprint density at radius 1 is 1.15 bits per heavy atom. The Morgan fingerprint density at radius 3 is 2.62 bits per heavy atom. The maximum absolute atomic E-state index is 12.1. The van der Waals surface area contributed by atoms with Crippen molar-refractivity contribution in [2.24, 2.45) is 7.05 Å². The van der Waals surface area contributed by atoms with E-state index >= 15 is 0 Å². The number of hydrogen-bond acceptors (Lipinski definition) is 5. The van der Waals surface area contributed by atoms with E-state index in [1.165, 1.54) is 18.0 Å². The lowest BCUT2D eigenvalue weighted by Gasteiger charge is -2.06. The summed E-state index contributed by atoms with van der Waals surface area (Å²) in [5.74, 6) is 0.976. The van der Waals surface area contributed by atoms with Gasteiger partial charge in [-0.3, -0.25) is 4.79 Å². The number of rotatable bonds is 5. The molecule has 0 saturated carbocycles. The number of carbonyl (C=O) groups is 1. The highest BCUT2D eigenvalue weighted by molar-refractivity contribution is 7.99. The van der Waals surface area contributed by atoms with Gasteiger partial charge in [-0.25, -0.2) is 4.98 Å². The summed E-state index contributed by atoms with van der Waals surface area (Å²) in [4.78, 5) is 16.1. The van der Waals surface area contributed by atoms with Crippen LogP contribution < -0.4 is 5.32 Å². The lowest BCUT2D eigenvalue weighted by molar-refractivity contribution is -0.113. The first-order chi connectivity index (χ1) is 12.4. The average molecular weight is 429 g/mol. The fourth-order valence-corrected chi connectivity index (χ4v) is 3.42. The summed E-state index contributed by atoms with van der Waals surface area (Å²) < 4.78 is 1.77. The highest BCUT2D eigenvalue weighted by Crippen LogP contribution is 2.30. The molecule has 1 aromatic carbocycles. The molecule has 1 amide bonds. The normalized spacial score (nSPS) is 10.8. The smallest absolute Gasteiger partial charge is 0.236 e. The second-order valence-corrected chi connectivity index (χ2v) is 7.41. The zero-order chi connectivity index (χ0) is 18.7. The summed E-state index contributed by atoms with van der Waals surface area (Å²) in [5, 5.41) is 13.1. The predicted octanol–water partition coefficient (Wildman–Crippen LogP) is 4.57. The maximum Gasteiger partial charge on any atom is 0.236 e. The molecule has 0 radical (unpaired) electrons. The Kier molecular flexibility index (Phi) is 6.03. The Hall–Kier alpha value is -1.80. The van der Waals surface area contributed by atoms with Crippen molar-refractivity contribution < 1.29 is 4.79 Å². The van der Waals surface area contributed by atoms with Crippen LogP contribution in [0.25, 0.3) is 11.4 Å². The Balaban J connectivity index is 1.66. The van der Waals surface area contributed by atoms with Gasteiger partial charge in [0.05, 0.1) is 15.8 Å². The van der Waals surface area contributed by atoms with Crippen LogP contribution in [0.3, 0.4) is 0 Å². The van der Waals surface area contributed by atoms with E-state index in [-0.39, 0.29) is 11.7 Å². The molecule has 0 bridgehead atoms. The van der Waals surface area contributed by atoms with Gasteiger partial charge in [-0.15, -0.1) is 10.2 Å². The number of halogens is 3. The van der Waals surface area contributed by atoms with Crippen molar-refractivity contribution in [2.75, 3.05) is 11.1 Å². The predicted molar refractivity (Wildman–Crippen MR) is 105 cm³/mol. The number of benzene rings is 1. The number of nitrogens with one attached hydrogen (secondary N) is 1. The molecule has 134 valence electrons. The monoisotopic (exact) mass is 427 g/mol. The molecule has 3 aromatic rings. The van der Waals surface area contributed by atoms with Crippen molar-refractivity contribution in [3.8, 4) is 11.4 Å². The van der Waals surface area contributed by atoms with Crippen LogP contribution in [0, 0.1) is 0 Å². The van der Waals surface area contributed by atoms with Crippen molar-refractivity contribution in [1.29, 1.82) is 0 Å². The number of amides is 1. The van der Waals surface area contributed by atoms with Crippen molar-refractivity contribution in [2.45, 2.75) is 5.16 Å². The van der Waals surface area contributed by atoms with Crippen LogP contribution in [0.2, 0.25) is 15.1 Å².